The number of esters is 1. The lowest BCUT2D eigenvalue weighted by molar-refractivity contribution is -0.384. The monoisotopic (exact) mass is 505 g/mol. The first kappa shape index (κ1) is 26.0. The molecule has 3 rings (SSSR count). The number of ether oxygens (including phenoxy) is 2. The van der Waals surface area contributed by atoms with Crippen molar-refractivity contribution in [3.05, 3.63) is 93.5 Å². The van der Waals surface area contributed by atoms with Crippen LogP contribution in [0.2, 0.25) is 0 Å². The molecule has 4 N–H and O–H groups in total. The Bertz CT molecular complexity index is 1390. The number of hydrogen-bond donors (Lipinski definition) is 3. The van der Waals surface area contributed by atoms with E-state index in [0.717, 1.165) is 0 Å². The number of carbonyl (C=O) groups is 4. The Kier molecular flexibility index (Phi) is 8.23. The Morgan fingerprint density at radius 2 is 1.57 bits per heavy atom. The first-order valence-corrected chi connectivity index (χ1v) is 10.4. The molecule has 0 aliphatic carbocycles. The number of primary amides is 1. The number of hydrazone groups is 1. The van der Waals surface area contributed by atoms with Crippen molar-refractivity contribution in [1.29, 1.82) is 0 Å². The van der Waals surface area contributed by atoms with Gasteiger partial charge in [-0.2, -0.15) is 5.10 Å². The summed E-state index contributed by atoms with van der Waals surface area (Å²) in [5.74, 6) is -3.17. The van der Waals surface area contributed by atoms with Gasteiger partial charge < -0.3 is 20.5 Å². The van der Waals surface area contributed by atoms with Crippen LogP contribution in [0.15, 0.2) is 71.8 Å². The van der Waals surface area contributed by atoms with Crippen LogP contribution in [0.5, 0.6) is 11.5 Å². The molecule has 3 aromatic carbocycles. The molecule has 3 amide bonds. The van der Waals surface area contributed by atoms with Gasteiger partial charge in [-0.25, -0.2) is 10.2 Å². The summed E-state index contributed by atoms with van der Waals surface area (Å²) in [7, 11) is 1.35. The van der Waals surface area contributed by atoms with Gasteiger partial charge in [-0.1, -0.05) is 0 Å². The maximum absolute atomic E-state index is 12.4. The molecule has 0 saturated heterocycles. The van der Waals surface area contributed by atoms with Crippen LogP contribution in [-0.2, 0) is 9.59 Å². The molecule has 0 aromatic heterocycles. The SMILES string of the molecule is COc1cc(C=NNC(=O)C(=O)Nc2ccc(C(N)=O)cc2)ccc1OC(=O)c1ccc([N+](=O)[O-])cc1. The lowest BCUT2D eigenvalue weighted by Gasteiger charge is -2.10. The number of rotatable bonds is 8. The van der Waals surface area contributed by atoms with E-state index in [1.54, 1.807) is 0 Å². The molecule has 188 valence electrons. The first-order chi connectivity index (χ1) is 17.7. The first-order valence-electron chi connectivity index (χ1n) is 10.4. The fraction of sp³-hybridized carbons (Fsp3) is 0.0417. The fourth-order valence-corrected chi connectivity index (χ4v) is 2.85. The van der Waals surface area contributed by atoms with Crippen molar-refractivity contribution in [3.63, 3.8) is 0 Å². The Labute approximate surface area is 209 Å². The molecule has 0 radical (unpaired) electrons. The molecule has 13 heteroatoms. The minimum atomic E-state index is -1.05. The van der Waals surface area contributed by atoms with Crippen molar-refractivity contribution < 1.29 is 33.6 Å². The predicted octanol–water partition coefficient (Wildman–Crippen LogP) is 2.01. The standard InChI is InChI=1S/C24H19N5O8/c1-36-20-12-14(2-11-19(20)37-24(33)16-5-9-18(10-6-16)29(34)35)13-26-28-23(32)22(31)27-17-7-3-15(4-8-17)21(25)30/h2-13H,1H3,(H2,25,30)(H,27,31)(H,28,32). The Balaban J connectivity index is 1.59. The number of amides is 3. The van der Waals surface area contributed by atoms with E-state index < -0.39 is 28.6 Å². The summed E-state index contributed by atoms with van der Waals surface area (Å²) in [6.07, 6.45) is 1.23. The van der Waals surface area contributed by atoms with Crippen molar-refractivity contribution in [2.45, 2.75) is 0 Å². The van der Waals surface area contributed by atoms with E-state index in [4.69, 9.17) is 15.2 Å². The molecule has 13 nitrogen and oxygen atoms in total. The van der Waals surface area contributed by atoms with Gasteiger partial charge in [0.05, 0.1) is 23.8 Å². The molecular formula is C24H19N5O8. The van der Waals surface area contributed by atoms with Crippen molar-refractivity contribution in [3.8, 4) is 11.5 Å². The summed E-state index contributed by atoms with van der Waals surface area (Å²) in [5.41, 5.74) is 8.11. The molecular weight excluding hydrogens is 486 g/mol. The average molecular weight is 505 g/mol. The van der Waals surface area contributed by atoms with Gasteiger partial charge >= 0.3 is 17.8 Å². The van der Waals surface area contributed by atoms with E-state index in [1.807, 2.05) is 0 Å². The van der Waals surface area contributed by atoms with E-state index in [9.17, 15) is 29.3 Å². The van der Waals surface area contributed by atoms with Crippen LogP contribution in [0.3, 0.4) is 0 Å². The van der Waals surface area contributed by atoms with Gasteiger partial charge in [-0.3, -0.25) is 24.5 Å². The molecule has 0 fully saturated rings. The quantitative estimate of drug-likeness (QED) is 0.103. The van der Waals surface area contributed by atoms with E-state index in [2.05, 4.69) is 15.8 Å². The summed E-state index contributed by atoms with van der Waals surface area (Å²) < 4.78 is 10.5. The van der Waals surface area contributed by atoms with E-state index in [1.165, 1.54) is 80.1 Å². The highest BCUT2D eigenvalue weighted by molar-refractivity contribution is 6.39. The van der Waals surface area contributed by atoms with E-state index >= 15 is 0 Å². The van der Waals surface area contributed by atoms with E-state index in [0.29, 0.717) is 5.56 Å². The van der Waals surface area contributed by atoms with Gasteiger partial charge in [-0.15, -0.1) is 0 Å². The molecule has 0 atom stereocenters. The number of nitrogens with one attached hydrogen (secondary N) is 2. The van der Waals surface area contributed by atoms with Gasteiger partial charge in [0.15, 0.2) is 11.5 Å². The molecule has 0 aliphatic heterocycles. The van der Waals surface area contributed by atoms with Gasteiger partial charge in [0.1, 0.15) is 0 Å². The van der Waals surface area contributed by atoms with Crippen molar-refractivity contribution >= 4 is 41.3 Å². The second-order valence-electron chi connectivity index (χ2n) is 7.20. The third-order valence-corrected chi connectivity index (χ3v) is 4.72. The molecule has 0 saturated carbocycles. The fourth-order valence-electron chi connectivity index (χ4n) is 2.85. The smallest absolute Gasteiger partial charge is 0.343 e. The number of nitro groups is 1. The molecule has 3 aromatic rings. The van der Waals surface area contributed by atoms with Crippen molar-refractivity contribution in [1.82, 2.24) is 5.43 Å². The second-order valence-corrected chi connectivity index (χ2v) is 7.20. The van der Waals surface area contributed by atoms with Crippen LogP contribution in [0.4, 0.5) is 11.4 Å². The molecule has 37 heavy (non-hydrogen) atoms. The number of benzene rings is 3. The van der Waals surface area contributed by atoms with Crippen molar-refractivity contribution in [2.75, 3.05) is 12.4 Å². The van der Waals surface area contributed by atoms with Crippen LogP contribution >= 0.6 is 0 Å². The number of carbonyl (C=O) groups excluding carboxylic acids is 4. The molecule has 0 aliphatic rings. The number of hydrogen-bond acceptors (Lipinski definition) is 9. The van der Waals surface area contributed by atoms with Crippen LogP contribution in [0, 0.1) is 10.1 Å². The summed E-state index contributed by atoms with van der Waals surface area (Å²) in [6, 6.07) is 14.9. The topological polar surface area (TPSA) is 192 Å². The Hall–Kier alpha value is -5.59. The molecule has 0 spiro atoms. The van der Waals surface area contributed by atoms with Crippen LogP contribution in [0.1, 0.15) is 26.3 Å². The zero-order valence-corrected chi connectivity index (χ0v) is 19.2. The lowest BCUT2D eigenvalue weighted by Crippen LogP contribution is -2.32. The summed E-state index contributed by atoms with van der Waals surface area (Å²) >= 11 is 0. The average Bonchev–Trinajstić information content (AvgIpc) is 2.89. The maximum Gasteiger partial charge on any atom is 0.343 e. The van der Waals surface area contributed by atoms with E-state index in [-0.39, 0.29) is 34.0 Å². The third-order valence-electron chi connectivity index (χ3n) is 4.72. The number of anilines is 1. The predicted molar refractivity (Wildman–Crippen MR) is 130 cm³/mol. The largest absolute Gasteiger partial charge is 0.493 e. The van der Waals surface area contributed by atoms with Gasteiger partial charge in [0.25, 0.3) is 5.69 Å². The number of methoxy groups -OCH3 is 1. The van der Waals surface area contributed by atoms with Crippen LogP contribution in [0.25, 0.3) is 0 Å². The van der Waals surface area contributed by atoms with Gasteiger partial charge in [-0.05, 0) is 60.2 Å². The third kappa shape index (κ3) is 6.95. The number of non-ortho nitro benzene ring substituents is 1. The lowest BCUT2D eigenvalue weighted by atomic mass is 10.2. The van der Waals surface area contributed by atoms with Crippen LogP contribution < -0.4 is 25.9 Å². The Morgan fingerprint density at radius 3 is 2.16 bits per heavy atom. The zero-order chi connectivity index (χ0) is 26.9. The zero-order valence-electron chi connectivity index (χ0n) is 19.2. The molecule has 0 heterocycles. The number of nitrogens with two attached hydrogens (primary N) is 1. The number of nitro benzene ring substituents is 1. The van der Waals surface area contributed by atoms with Gasteiger partial charge in [0, 0.05) is 23.4 Å². The second kappa shape index (κ2) is 11.7. The minimum absolute atomic E-state index is 0.0776. The maximum atomic E-state index is 12.4. The minimum Gasteiger partial charge on any atom is -0.493 e. The van der Waals surface area contributed by atoms with Gasteiger partial charge in [0.2, 0.25) is 5.91 Å². The van der Waals surface area contributed by atoms with Crippen LogP contribution in [-0.4, -0.2) is 41.9 Å². The molecule has 0 bridgehead atoms. The summed E-state index contributed by atoms with van der Waals surface area (Å²) in [4.78, 5) is 57.6. The summed E-state index contributed by atoms with van der Waals surface area (Å²) in [6.45, 7) is 0. The summed E-state index contributed by atoms with van der Waals surface area (Å²) in [5, 5.41) is 16.8. The molecule has 0 unspecified atom stereocenters. The normalized spacial score (nSPS) is 10.4. The highest BCUT2D eigenvalue weighted by Crippen LogP contribution is 2.28. The number of nitrogens with zero attached hydrogens (tertiary/aromatic N) is 2. The van der Waals surface area contributed by atoms with Crippen molar-refractivity contribution in [2.24, 2.45) is 10.8 Å². The highest BCUT2D eigenvalue weighted by Gasteiger charge is 2.15. The Morgan fingerprint density at radius 1 is 0.919 bits per heavy atom. The highest BCUT2D eigenvalue weighted by atomic mass is 16.6.